The van der Waals surface area contributed by atoms with Crippen molar-refractivity contribution in [3.05, 3.63) is 0 Å². The fourth-order valence-electron chi connectivity index (χ4n) is 2.42. The van der Waals surface area contributed by atoms with Crippen molar-refractivity contribution in [3.8, 4) is 0 Å². The van der Waals surface area contributed by atoms with Crippen LogP contribution in [0.4, 0.5) is 0 Å². The van der Waals surface area contributed by atoms with E-state index in [2.05, 4.69) is 38.8 Å². The molecule has 0 aliphatic heterocycles. The lowest BCUT2D eigenvalue weighted by atomic mass is 9.81. The van der Waals surface area contributed by atoms with Crippen molar-refractivity contribution in [1.82, 2.24) is 0 Å². The Kier molecular flexibility index (Phi) is 5.60. The Morgan fingerprint density at radius 1 is 1.21 bits per heavy atom. The molecule has 5 heteroatoms. The molecule has 1 saturated carbocycles. The van der Waals surface area contributed by atoms with E-state index in [0.717, 1.165) is 25.7 Å². The van der Waals surface area contributed by atoms with Crippen LogP contribution in [0.3, 0.4) is 0 Å². The molecule has 0 radical (unpaired) electrons. The summed E-state index contributed by atoms with van der Waals surface area (Å²) in [6.07, 6.45) is 4.06. The smallest absolute Gasteiger partial charge is 0.192 e. The first-order valence-corrected chi connectivity index (χ1v) is 10.2. The van der Waals surface area contributed by atoms with Crippen molar-refractivity contribution >= 4 is 8.32 Å². The Morgan fingerprint density at radius 2 is 1.74 bits per heavy atom. The zero-order valence-electron chi connectivity index (χ0n) is 13.0. The molecule has 0 unspecified atom stereocenters. The molecule has 0 bridgehead atoms. The summed E-state index contributed by atoms with van der Waals surface area (Å²) >= 11 is 0. The Morgan fingerprint density at radius 3 is 2.11 bits per heavy atom. The molecule has 1 aliphatic rings. The predicted octanol–water partition coefficient (Wildman–Crippen LogP) is 3.56. The molecule has 0 saturated heterocycles. The summed E-state index contributed by atoms with van der Waals surface area (Å²) in [5, 5.41) is 18.4. The van der Waals surface area contributed by atoms with Gasteiger partial charge in [-0.15, -0.1) is 0 Å². The third-order valence-corrected chi connectivity index (χ3v) is 9.41. The third kappa shape index (κ3) is 4.26. The maximum Gasteiger partial charge on any atom is 0.192 e. The zero-order chi connectivity index (χ0) is 14.7. The summed E-state index contributed by atoms with van der Waals surface area (Å²) in [5.41, 5.74) is -0.554. The molecule has 19 heavy (non-hydrogen) atoms. The van der Waals surface area contributed by atoms with Gasteiger partial charge in [0.05, 0.1) is 0 Å². The first-order valence-electron chi connectivity index (χ1n) is 7.27. The number of hydrogen-bond donors (Lipinski definition) is 2. The van der Waals surface area contributed by atoms with Crippen LogP contribution in [-0.4, -0.2) is 37.0 Å². The number of aliphatic hydroxyl groups excluding tert-OH is 1. The highest BCUT2D eigenvalue weighted by atomic mass is 28.4. The van der Waals surface area contributed by atoms with Crippen LogP contribution in [0.15, 0.2) is 0 Å². The first-order chi connectivity index (χ1) is 8.66. The molecule has 0 amide bonds. The normalized spacial score (nSPS) is 29.5. The average molecular weight is 290 g/mol. The second-order valence-electron chi connectivity index (χ2n) is 7.33. The summed E-state index contributed by atoms with van der Waals surface area (Å²) in [4.78, 5) is 4.66. The van der Waals surface area contributed by atoms with Crippen molar-refractivity contribution in [2.45, 2.75) is 82.7 Å². The van der Waals surface area contributed by atoms with Crippen molar-refractivity contribution in [2.75, 3.05) is 6.61 Å². The molecule has 0 aromatic heterocycles. The van der Waals surface area contributed by atoms with Crippen LogP contribution in [0.1, 0.15) is 52.9 Å². The summed E-state index contributed by atoms with van der Waals surface area (Å²) < 4.78 is 6.40. The number of aliphatic hydroxyl groups is 1. The highest BCUT2D eigenvalue weighted by Gasteiger charge is 2.42. The van der Waals surface area contributed by atoms with Gasteiger partial charge in [-0.3, -0.25) is 5.26 Å². The molecule has 1 aliphatic carbocycles. The Hall–Kier alpha value is 0.0569. The molecule has 0 aromatic rings. The molecule has 4 nitrogen and oxygen atoms in total. The van der Waals surface area contributed by atoms with Gasteiger partial charge in [0, 0.05) is 19.1 Å². The molecule has 1 rings (SSSR count). The van der Waals surface area contributed by atoms with E-state index in [-0.39, 0.29) is 17.7 Å². The SMILES string of the molecule is CC(C)(C)[Si](C)(C)OC1CCC(CCO)(OO)CC1. The minimum absolute atomic E-state index is 0.0499. The summed E-state index contributed by atoms with van der Waals surface area (Å²) in [6.45, 7) is 11.3. The van der Waals surface area contributed by atoms with E-state index in [9.17, 15) is 0 Å². The van der Waals surface area contributed by atoms with Crippen LogP contribution in [0.5, 0.6) is 0 Å². The summed E-state index contributed by atoms with van der Waals surface area (Å²) in [7, 11) is -1.72. The third-order valence-electron chi connectivity index (χ3n) is 4.87. The van der Waals surface area contributed by atoms with E-state index in [1.165, 1.54) is 0 Å². The Balaban J connectivity index is 2.55. The van der Waals surface area contributed by atoms with E-state index in [0.29, 0.717) is 6.42 Å². The summed E-state index contributed by atoms with van der Waals surface area (Å²) in [5.74, 6) is 0. The lowest BCUT2D eigenvalue weighted by Crippen LogP contribution is -2.47. The standard InChI is InChI=1S/C14H30O4Si/c1-13(2,3)19(4,5)17-12-6-8-14(18-16,9-7-12)10-11-15/h12,15-16H,6-11H2,1-5H3. The van der Waals surface area contributed by atoms with Gasteiger partial charge in [0.1, 0.15) is 5.60 Å². The summed E-state index contributed by atoms with van der Waals surface area (Å²) in [6, 6.07) is 0. The second-order valence-corrected chi connectivity index (χ2v) is 12.1. The van der Waals surface area contributed by atoms with E-state index >= 15 is 0 Å². The van der Waals surface area contributed by atoms with E-state index < -0.39 is 13.9 Å². The molecule has 0 atom stereocenters. The lowest BCUT2D eigenvalue weighted by molar-refractivity contribution is -0.335. The van der Waals surface area contributed by atoms with E-state index in [1.807, 2.05) is 0 Å². The van der Waals surface area contributed by atoms with Gasteiger partial charge < -0.3 is 9.53 Å². The van der Waals surface area contributed by atoms with Crippen LogP contribution in [0, 0.1) is 0 Å². The minimum atomic E-state index is -1.72. The van der Waals surface area contributed by atoms with Gasteiger partial charge in [-0.25, -0.2) is 4.89 Å². The lowest BCUT2D eigenvalue weighted by Gasteiger charge is -2.43. The monoisotopic (exact) mass is 290 g/mol. The fraction of sp³-hybridized carbons (Fsp3) is 1.00. The molecule has 114 valence electrons. The molecular formula is C14H30O4Si. The van der Waals surface area contributed by atoms with Crippen LogP contribution in [0.25, 0.3) is 0 Å². The average Bonchev–Trinajstić information content (AvgIpc) is 2.30. The maximum atomic E-state index is 9.08. The molecule has 0 heterocycles. The topological polar surface area (TPSA) is 58.9 Å². The maximum absolute atomic E-state index is 9.08. The van der Waals surface area contributed by atoms with Gasteiger partial charge in [0.2, 0.25) is 0 Å². The molecular weight excluding hydrogens is 260 g/mol. The quantitative estimate of drug-likeness (QED) is 0.462. The van der Waals surface area contributed by atoms with Crippen molar-refractivity contribution in [3.63, 3.8) is 0 Å². The zero-order valence-corrected chi connectivity index (χ0v) is 14.0. The van der Waals surface area contributed by atoms with Crippen LogP contribution >= 0.6 is 0 Å². The van der Waals surface area contributed by atoms with E-state index in [4.69, 9.17) is 14.8 Å². The Labute approximate surface area is 118 Å². The van der Waals surface area contributed by atoms with Crippen molar-refractivity contribution in [2.24, 2.45) is 0 Å². The molecule has 0 spiro atoms. The number of rotatable bonds is 5. The molecule has 0 aromatic carbocycles. The largest absolute Gasteiger partial charge is 0.414 e. The van der Waals surface area contributed by atoms with Gasteiger partial charge in [-0.2, -0.15) is 0 Å². The van der Waals surface area contributed by atoms with Crippen molar-refractivity contribution in [1.29, 1.82) is 0 Å². The second kappa shape index (κ2) is 6.22. The fourth-order valence-corrected chi connectivity index (χ4v) is 3.84. The highest BCUT2D eigenvalue weighted by molar-refractivity contribution is 6.74. The predicted molar refractivity (Wildman–Crippen MR) is 78.7 cm³/mol. The molecule has 1 fully saturated rings. The number of hydrogen-bond acceptors (Lipinski definition) is 4. The van der Waals surface area contributed by atoms with Crippen LogP contribution in [0.2, 0.25) is 18.1 Å². The van der Waals surface area contributed by atoms with Gasteiger partial charge >= 0.3 is 0 Å². The van der Waals surface area contributed by atoms with Gasteiger partial charge in [0.15, 0.2) is 8.32 Å². The molecule has 2 N–H and O–H groups in total. The Bertz CT molecular complexity index is 278. The van der Waals surface area contributed by atoms with Gasteiger partial charge in [-0.05, 0) is 43.8 Å². The first kappa shape index (κ1) is 17.1. The minimum Gasteiger partial charge on any atom is -0.414 e. The van der Waals surface area contributed by atoms with Crippen LogP contribution in [-0.2, 0) is 9.31 Å². The van der Waals surface area contributed by atoms with Gasteiger partial charge in [-0.1, -0.05) is 20.8 Å². The van der Waals surface area contributed by atoms with Crippen LogP contribution < -0.4 is 0 Å². The van der Waals surface area contributed by atoms with E-state index in [1.54, 1.807) is 0 Å². The van der Waals surface area contributed by atoms with Crippen molar-refractivity contribution < 1.29 is 19.7 Å². The highest BCUT2D eigenvalue weighted by Crippen LogP contribution is 2.41. The van der Waals surface area contributed by atoms with Gasteiger partial charge in [0.25, 0.3) is 0 Å².